The third-order valence-electron chi connectivity index (χ3n) is 3.63. The minimum Gasteiger partial charge on any atom is -0.377 e. The highest BCUT2D eigenvalue weighted by Crippen LogP contribution is 2.28. The van der Waals surface area contributed by atoms with E-state index in [1.807, 2.05) is 6.92 Å². The zero-order chi connectivity index (χ0) is 12.7. The molecular formula is C14H29NO2. The second kappa shape index (κ2) is 8.06. The zero-order valence-corrected chi connectivity index (χ0v) is 11.9. The minimum absolute atomic E-state index is 0.242. The van der Waals surface area contributed by atoms with Crippen molar-refractivity contribution < 1.29 is 9.47 Å². The van der Waals surface area contributed by atoms with Crippen LogP contribution in [0.15, 0.2) is 0 Å². The lowest BCUT2D eigenvalue weighted by Crippen LogP contribution is -2.61. The van der Waals surface area contributed by atoms with Gasteiger partial charge in [-0.2, -0.15) is 0 Å². The van der Waals surface area contributed by atoms with Gasteiger partial charge in [0.1, 0.15) is 0 Å². The molecule has 0 amide bonds. The zero-order valence-electron chi connectivity index (χ0n) is 11.9. The summed E-state index contributed by atoms with van der Waals surface area (Å²) in [6, 6.07) is 1.13. The summed E-state index contributed by atoms with van der Waals surface area (Å²) in [7, 11) is 1.79. The topological polar surface area (TPSA) is 30.5 Å². The van der Waals surface area contributed by atoms with Gasteiger partial charge in [-0.1, -0.05) is 26.7 Å². The number of nitrogens with one attached hydrogen (secondary N) is 1. The predicted molar refractivity (Wildman–Crippen MR) is 71.4 cm³/mol. The van der Waals surface area contributed by atoms with Gasteiger partial charge in [-0.3, -0.25) is 0 Å². The van der Waals surface area contributed by atoms with Gasteiger partial charge in [0, 0.05) is 25.8 Å². The largest absolute Gasteiger partial charge is 0.377 e. The van der Waals surface area contributed by atoms with Crippen molar-refractivity contribution >= 4 is 0 Å². The molecule has 1 rings (SSSR count). The fourth-order valence-electron chi connectivity index (χ4n) is 2.75. The van der Waals surface area contributed by atoms with Crippen molar-refractivity contribution in [2.24, 2.45) is 0 Å². The molecule has 1 aliphatic carbocycles. The molecule has 0 aromatic carbocycles. The Hall–Kier alpha value is -0.120. The smallest absolute Gasteiger partial charge is 0.0986 e. The monoisotopic (exact) mass is 243 g/mol. The Morgan fingerprint density at radius 1 is 1.18 bits per heavy atom. The first-order valence-electron chi connectivity index (χ1n) is 7.17. The lowest BCUT2D eigenvalue weighted by Gasteiger charge is -2.45. The van der Waals surface area contributed by atoms with Crippen LogP contribution in [0, 0.1) is 0 Å². The van der Waals surface area contributed by atoms with E-state index in [1.165, 1.54) is 25.7 Å². The number of ether oxygens (including phenoxy) is 2. The first-order chi connectivity index (χ1) is 8.26. The van der Waals surface area contributed by atoms with Crippen LogP contribution in [0.3, 0.4) is 0 Å². The maximum atomic E-state index is 5.65. The van der Waals surface area contributed by atoms with Crippen LogP contribution in [-0.2, 0) is 9.47 Å². The number of rotatable bonds is 9. The van der Waals surface area contributed by atoms with Crippen molar-refractivity contribution in [2.75, 3.05) is 13.7 Å². The fraction of sp³-hybridized carbons (Fsp3) is 1.00. The molecule has 0 spiro atoms. The number of hydrogen-bond acceptors (Lipinski definition) is 3. The van der Waals surface area contributed by atoms with Crippen LogP contribution < -0.4 is 5.32 Å². The molecule has 0 heterocycles. The third kappa shape index (κ3) is 4.23. The molecule has 1 saturated carbocycles. The van der Waals surface area contributed by atoms with Crippen LogP contribution >= 0.6 is 0 Å². The highest BCUT2D eigenvalue weighted by atomic mass is 16.5. The second-order valence-electron chi connectivity index (χ2n) is 4.98. The van der Waals surface area contributed by atoms with E-state index in [1.54, 1.807) is 7.11 Å². The molecule has 3 nitrogen and oxygen atoms in total. The molecule has 1 aliphatic rings. The molecule has 0 unspecified atom stereocenters. The van der Waals surface area contributed by atoms with Crippen LogP contribution in [0.1, 0.15) is 52.9 Å². The van der Waals surface area contributed by atoms with Gasteiger partial charge < -0.3 is 14.8 Å². The van der Waals surface area contributed by atoms with E-state index in [-0.39, 0.29) is 6.10 Å². The van der Waals surface area contributed by atoms with Gasteiger partial charge in [-0.15, -0.1) is 0 Å². The number of methoxy groups -OCH3 is 1. The molecule has 3 heteroatoms. The third-order valence-corrected chi connectivity index (χ3v) is 3.63. The molecule has 1 N–H and O–H groups in total. The molecule has 0 bridgehead atoms. The van der Waals surface area contributed by atoms with Gasteiger partial charge >= 0.3 is 0 Å². The highest BCUT2D eigenvalue weighted by Gasteiger charge is 2.42. The SMILES string of the molecule is CCCC(CCC)N[C@@H]1C[C@@H](OCC)[C@H]1OC. The van der Waals surface area contributed by atoms with E-state index in [0.717, 1.165) is 13.0 Å². The summed E-state index contributed by atoms with van der Waals surface area (Å²) in [6.07, 6.45) is 6.65. The molecule has 1 fully saturated rings. The first kappa shape index (κ1) is 14.9. The van der Waals surface area contributed by atoms with Gasteiger partial charge in [-0.05, 0) is 26.2 Å². The van der Waals surface area contributed by atoms with E-state index < -0.39 is 0 Å². The molecule has 17 heavy (non-hydrogen) atoms. The maximum absolute atomic E-state index is 5.65. The standard InChI is InChI=1S/C14H29NO2/c1-5-8-11(9-6-2)15-12-10-13(17-7-3)14(12)16-4/h11-15H,5-10H2,1-4H3/t12-,13-,14+/m1/s1. The van der Waals surface area contributed by atoms with Crippen molar-refractivity contribution in [3.8, 4) is 0 Å². The van der Waals surface area contributed by atoms with Gasteiger partial charge in [0.2, 0.25) is 0 Å². The van der Waals surface area contributed by atoms with Crippen LogP contribution in [0.2, 0.25) is 0 Å². The molecule has 0 aliphatic heterocycles. The summed E-state index contributed by atoms with van der Waals surface area (Å²) < 4.78 is 11.2. The van der Waals surface area contributed by atoms with Crippen molar-refractivity contribution in [3.05, 3.63) is 0 Å². The highest BCUT2D eigenvalue weighted by molar-refractivity contribution is 4.98. The predicted octanol–water partition coefficient (Wildman–Crippen LogP) is 2.74. The first-order valence-corrected chi connectivity index (χ1v) is 7.17. The van der Waals surface area contributed by atoms with Crippen molar-refractivity contribution in [2.45, 2.75) is 77.2 Å². The summed E-state index contributed by atoms with van der Waals surface area (Å²) in [6.45, 7) is 7.33. The van der Waals surface area contributed by atoms with Gasteiger partial charge in [0.25, 0.3) is 0 Å². The van der Waals surface area contributed by atoms with Crippen LogP contribution in [-0.4, -0.2) is 38.0 Å². The Kier molecular flexibility index (Phi) is 7.09. The maximum Gasteiger partial charge on any atom is 0.0986 e. The summed E-state index contributed by atoms with van der Waals surface area (Å²) >= 11 is 0. The Balaban J connectivity index is 2.35. The molecule has 0 saturated heterocycles. The average molecular weight is 243 g/mol. The molecule has 102 valence electrons. The van der Waals surface area contributed by atoms with E-state index in [2.05, 4.69) is 19.2 Å². The normalized spacial score (nSPS) is 28.4. The Morgan fingerprint density at radius 3 is 2.29 bits per heavy atom. The van der Waals surface area contributed by atoms with Crippen LogP contribution in [0.25, 0.3) is 0 Å². The van der Waals surface area contributed by atoms with Crippen molar-refractivity contribution in [1.29, 1.82) is 0 Å². The summed E-state index contributed by atoms with van der Waals surface area (Å²) in [5, 5.41) is 3.74. The van der Waals surface area contributed by atoms with Crippen LogP contribution in [0.4, 0.5) is 0 Å². The van der Waals surface area contributed by atoms with E-state index in [0.29, 0.717) is 18.2 Å². The Labute approximate surface area is 106 Å². The fourth-order valence-corrected chi connectivity index (χ4v) is 2.75. The summed E-state index contributed by atoms with van der Waals surface area (Å²) in [4.78, 5) is 0. The number of hydrogen-bond donors (Lipinski definition) is 1. The second-order valence-corrected chi connectivity index (χ2v) is 4.98. The van der Waals surface area contributed by atoms with Crippen LogP contribution in [0.5, 0.6) is 0 Å². The van der Waals surface area contributed by atoms with E-state index in [4.69, 9.17) is 9.47 Å². The lowest BCUT2D eigenvalue weighted by molar-refractivity contribution is -0.133. The molecule has 3 atom stereocenters. The molecule has 0 aromatic rings. The van der Waals surface area contributed by atoms with Crippen molar-refractivity contribution in [1.82, 2.24) is 5.32 Å². The Morgan fingerprint density at radius 2 is 1.82 bits per heavy atom. The van der Waals surface area contributed by atoms with Gasteiger partial charge in [0.15, 0.2) is 0 Å². The molecular weight excluding hydrogens is 214 g/mol. The van der Waals surface area contributed by atoms with Gasteiger partial charge in [-0.25, -0.2) is 0 Å². The van der Waals surface area contributed by atoms with E-state index >= 15 is 0 Å². The average Bonchev–Trinajstić information content (AvgIpc) is 2.28. The van der Waals surface area contributed by atoms with E-state index in [9.17, 15) is 0 Å². The lowest BCUT2D eigenvalue weighted by atomic mass is 9.84. The van der Waals surface area contributed by atoms with Gasteiger partial charge in [0.05, 0.1) is 12.2 Å². The summed E-state index contributed by atoms with van der Waals surface area (Å²) in [5.74, 6) is 0. The Bertz CT molecular complexity index is 193. The molecule has 0 radical (unpaired) electrons. The molecule has 0 aromatic heterocycles. The van der Waals surface area contributed by atoms with Crippen molar-refractivity contribution in [3.63, 3.8) is 0 Å². The summed E-state index contributed by atoms with van der Waals surface area (Å²) in [5.41, 5.74) is 0. The minimum atomic E-state index is 0.242. The quantitative estimate of drug-likeness (QED) is 0.675.